The van der Waals surface area contributed by atoms with Crippen LogP contribution >= 0.6 is 0 Å². The number of hydrogen-bond donors (Lipinski definition) is 1. The third kappa shape index (κ3) is 2.54. The number of hydrogen-bond acceptors (Lipinski definition) is 3. The number of aliphatic hydroxyl groups is 1. The molecule has 2 aromatic rings. The predicted octanol–water partition coefficient (Wildman–Crippen LogP) is 2.26. The SMILES string of the molecule is CCC(O)(CC)Cn1c(C)nc2ccccc2c1=O. The molecule has 1 aromatic carbocycles. The minimum atomic E-state index is -0.848. The lowest BCUT2D eigenvalue weighted by atomic mass is 9.97. The van der Waals surface area contributed by atoms with Gasteiger partial charge in [-0.15, -0.1) is 0 Å². The van der Waals surface area contributed by atoms with Crippen LogP contribution in [0, 0.1) is 6.92 Å². The summed E-state index contributed by atoms with van der Waals surface area (Å²) in [6.07, 6.45) is 1.23. The van der Waals surface area contributed by atoms with Gasteiger partial charge < -0.3 is 5.11 Å². The average molecular weight is 260 g/mol. The lowest BCUT2D eigenvalue weighted by Crippen LogP contribution is -2.38. The molecule has 0 amide bonds. The van der Waals surface area contributed by atoms with E-state index in [-0.39, 0.29) is 5.56 Å². The summed E-state index contributed by atoms with van der Waals surface area (Å²) < 4.78 is 1.58. The summed E-state index contributed by atoms with van der Waals surface area (Å²) >= 11 is 0. The Morgan fingerprint density at radius 1 is 1.26 bits per heavy atom. The van der Waals surface area contributed by atoms with E-state index in [4.69, 9.17) is 0 Å². The van der Waals surface area contributed by atoms with E-state index in [9.17, 15) is 9.90 Å². The monoisotopic (exact) mass is 260 g/mol. The zero-order chi connectivity index (χ0) is 14.0. The lowest BCUT2D eigenvalue weighted by molar-refractivity contribution is 0.0135. The predicted molar refractivity (Wildman–Crippen MR) is 76.3 cm³/mol. The number of benzene rings is 1. The molecule has 0 aliphatic heterocycles. The molecule has 2 rings (SSSR count). The van der Waals surface area contributed by atoms with Crippen molar-refractivity contribution in [1.29, 1.82) is 0 Å². The Morgan fingerprint density at radius 2 is 1.89 bits per heavy atom. The van der Waals surface area contributed by atoms with Crippen LogP contribution in [0.15, 0.2) is 29.1 Å². The molecule has 0 bridgehead atoms. The topological polar surface area (TPSA) is 55.1 Å². The van der Waals surface area contributed by atoms with Gasteiger partial charge in [-0.05, 0) is 31.9 Å². The van der Waals surface area contributed by atoms with Crippen molar-refractivity contribution in [2.45, 2.75) is 45.8 Å². The Hall–Kier alpha value is -1.68. The summed E-state index contributed by atoms with van der Waals surface area (Å²) in [6, 6.07) is 7.31. The highest BCUT2D eigenvalue weighted by Crippen LogP contribution is 2.18. The first kappa shape index (κ1) is 13.7. The zero-order valence-electron chi connectivity index (χ0n) is 11.7. The lowest BCUT2D eigenvalue weighted by Gasteiger charge is -2.26. The fourth-order valence-electron chi connectivity index (χ4n) is 2.23. The van der Waals surface area contributed by atoms with Gasteiger partial charge in [-0.3, -0.25) is 9.36 Å². The number of para-hydroxylation sites is 1. The number of fused-ring (bicyclic) bond motifs is 1. The zero-order valence-corrected chi connectivity index (χ0v) is 11.7. The third-order valence-electron chi connectivity index (χ3n) is 3.82. The van der Waals surface area contributed by atoms with Gasteiger partial charge >= 0.3 is 0 Å². The summed E-state index contributed by atoms with van der Waals surface area (Å²) in [5.74, 6) is 0.643. The van der Waals surface area contributed by atoms with Crippen molar-refractivity contribution >= 4 is 10.9 Å². The average Bonchev–Trinajstić information content (AvgIpc) is 2.43. The van der Waals surface area contributed by atoms with Crippen LogP contribution in [0.1, 0.15) is 32.5 Å². The van der Waals surface area contributed by atoms with Gasteiger partial charge in [0.25, 0.3) is 5.56 Å². The normalized spacial score (nSPS) is 12.0. The molecule has 0 radical (unpaired) electrons. The van der Waals surface area contributed by atoms with Gasteiger partial charge in [-0.2, -0.15) is 0 Å². The first-order valence-electron chi connectivity index (χ1n) is 6.69. The van der Waals surface area contributed by atoms with Gasteiger partial charge in [-0.25, -0.2) is 4.98 Å². The van der Waals surface area contributed by atoms with Crippen LogP contribution in [0.5, 0.6) is 0 Å². The van der Waals surface area contributed by atoms with Crippen molar-refractivity contribution in [1.82, 2.24) is 9.55 Å². The van der Waals surface area contributed by atoms with Gasteiger partial charge in [0, 0.05) is 0 Å². The van der Waals surface area contributed by atoms with Crippen molar-refractivity contribution in [3.8, 4) is 0 Å². The quantitative estimate of drug-likeness (QED) is 0.917. The van der Waals surface area contributed by atoms with Crippen LogP contribution in [0.3, 0.4) is 0 Å². The molecular formula is C15H20N2O2. The van der Waals surface area contributed by atoms with Crippen molar-refractivity contribution in [3.63, 3.8) is 0 Å². The van der Waals surface area contributed by atoms with Crippen molar-refractivity contribution in [2.24, 2.45) is 0 Å². The van der Waals surface area contributed by atoms with E-state index in [0.717, 1.165) is 0 Å². The van der Waals surface area contributed by atoms with Gasteiger partial charge in [0.05, 0.1) is 23.0 Å². The van der Waals surface area contributed by atoms with E-state index in [2.05, 4.69) is 4.98 Å². The summed E-state index contributed by atoms with van der Waals surface area (Å²) in [5.41, 5.74) is -0.222. The van der Waals surface area contributed by atoms with Gasteiger partial charge in [0.1, 0.15) is 5.82 Å². The van der Waals surface area contributed by atoms with Crippen LogP contribution < -0.4 is 5.56 Å². The molecule has 4 nitrogen and oxygen atoms in total. The number of aromatic nitrogens is 2. The molecule has 0 saturated heterocycles. The van der Waals surface area contributed by atoms with Gasteiger partial charge in [0.15, 0.2) is 0 Å². The fraction of sp³-hybridized carbons (Fsp3) is 0.467. The van der Waals surface area contributed by atoms with Gasteiger partial charge in [0.2, 0.25) is 0 Å². The van der Waals surface area contributed by atoms with E-state index in [1.807, 2.05) is 32.0 Å². The van der Waals surface area contributed by atoms with E-state index >= 15 is 0 Å². The van der Waals surface area contributed by atoms with E-state index in [1.54, 1.807) is 17.6 Å². The Morgan fingerprint density at radius 3 is 2.53 bits per heavy atom. The first-order chi connectivity index (χ1) is 9.00. The maximum absolute atomic E-state index is 12.5. The second kappa shape index (κ2) is 5.13. The second-order valence-electron chi connectivity index (χ2n) is 5.00. The van der Waals surface area contributed by atoms with Crippen LogP contribution in [-0.2, 0) is 6.54 Å². The van der Waals surface area contributed by atoms with Gasteiger partial charge in [-0.1, -0.05) is 26.0 Å². The summed E-state index contributed by atoms with van der Waals surface area (Å²) in [6.45, 7) is 5.96. The molecule has 19 heavy (non-hydrogen) atoms. The highest BCUT2D eigenvalue weighted by molar-refractivity contribution is 5.77. The molecule has 0 fully saturated rings. The summed E-state index contributed by atoms with van der Waals surface area (Å²) in [7, 11) is 0. The Balaban J connectivity index is 2.58. The summed E-state index contributed by atoms with van der Waals surface area (Å²) in [5, 5.41) is 11.0. The van der Waals surface area contributed by atoms with Crippen molar-refractivity contribution < 1.29 is 5.11 Å². The smallest absolute Gasteiger partial charge is 0.261 e. The molecule has 1 aromatic heterocycles. The Kier molecular flexibility index (Phi) is 3.71. The van der Waals surface area contributed by atoms with Crippen LogP contribution in [-0.4, -0.2) is 20.3 Å². The standard InChI is InChI=1S/C15H20N2O2/c1-4-15(19,5-2)10-17-11(3)16-13-9-7-6-8-12(13)14(17)18/h6-9,19H,4-5,10H2,1-3H3. The van der Waals surface area contributed by atoms with E-state index in [1.165, 1.54) is 0 Å². The number of aryl methyl sites for hydroxylation is 1. The Bertz CT molecular complexity index is 642. The highest BCUT2D eigenvalue weighted by Gasteiger charge is 2.24. The highest BCUT2D eigenvalue weighted by atomic mass is 16.3. The second-order valence-corrected chi connectivity index (χ2v) is 5.00. The maximum atomic E-state index is 12.5. The van der Waals surface area contributed by atoms with Crippen molar-refractivity contribution in [2.75, 3.05) is 0 Å². The largest absolute Gasteiger partial charge is 0.388 e. The molecule has 1 N–H and O–H groups in total. The molecule has 1 heterocycles. The van der Waals surface area contributed by atoms with E-state index < -0.39 is 5.60 Å². The van der Waals surface area contributed by atoms with Crippen LogP contribution in [0.4, 0.5) is 0 Å². The third-order valence-corrected chi connectivity index (χ3v) is 3.82. The maximum Gasteiger partial charge on any atom is 0.261 e. The Labute approximate surface area is 112 Å². The fourth-order valence-corrected chi connectivity index (χ4v) is 2.23. The molecule has 0 saturated carbocycles. The molecule has 0 aliphatic rings. The molecule has 4 heteroatoms. The van der Waals surface area contributed by atoms with E-state index in [0.29, 0.717) is 36.1 Å². The van der Waals surface area contributed by atoms with Crippen LogP contribution in [0.2, 0.25) is 0 Å². The minimum Gasteiger partial charge on any atom is -0.388 e. The molecule has 0 unspecified atom stereocenters. The molecule has 0 atom stereocenters. The molecule has 0 aliphatic carbocycles. The minimum absolute atomic E-state index is 0.0802. The van der Waals surface area contributed by atoms with Crippen LogP contribution in [0.25, 0.3) is 10.9 Å². The summed E-state index contributed by atoms with van der Waals surface area (Å²) in [4.78, 5) is 16.9. The molecular weight excluding hydrogens is 240 g/mol. The molecule has 102 valence electrons. The molecule has 0 spiro atoms. The number of nitrogens with zero attached hydrogens (tertiary/aromatic N) is 2. The first-order valence-corrected chi connectivity index (χ1v) is 6.69. The van der Waals surface area contributed by atoms with Crippen molar-refractivity contribution in [3.05, 3.63) is 40.4 Å². The number of rotatable bonds is 4.